The highest BCUT2D eigenvalue weighted by molar-refractivity contribution is 5.95. The summed E-state index contributed by atoms with van der Waals surface area (Å²) in [5.74, 6) is -0.951. The van der Waals surface area contributed by atoms with Crippen LogP contribution in [0.2, 0.25) is 0 Å². The van der Waals surface area contributed by atoms with Crippen LogP contribution in [0.1, 0.15) is 35.9 Å². The van der Waals surface area contributed by atoms with Gasteiger partial charge in [-0.25, -0.2) is 4.79 Å². The lowest BCUT2D eigenvalue weighted by atomic mass is 10.1. The van der Waals surface area contributed by atoms with Crippen molar-refractivity contribution in [3.8, 4) is 0 Å². The highest BCUT2D eigenvalue weighted by atomic mass is 16.4. The van der Waals surface area contributed by atoms with E-state index in [9.17, 15) is 9.90 Å². The van der Waals surface area contributed by atoms with Crippen LogP contribution in [0, 0.1) is 0 Å². The number of aliphatic hydroxyl groups excluding tert-OH is 1. The molecule has 4 heteroatoms. The first kappa shape index (κ1) is 11.7. The van der Waals surface area contributed by atoms with E-state index >= 15 is 0 Å². The molecule has 2 rings (SSSR count). The fourth-order valence-electron chi connectivity index (χ4n) is 2.05. The van der Waals surface area contributed by atoms with E-state index < -0.39 is 12.1 Å². The lowest BCUT2D eigenvalue weighted by molar-refractivity contribution is 0.0697. The summed E-state index contributed by atoms with van der Waals surface area (Å²) >= 11 is 0. The lowest BCUT2D eigenvalue weighted by Gasteiger charge is -2.02. The van der Waals surface area contributed by atoms with E-state index in [1.54, 1.807) is 25.1 Å². The number of aromatic nitrogens is 1. The number of aliphatic hydroxyl groups is 1. The molecular formula is C13H15NO3. The van der Waals surface area contributed by atoms with Gasteiger partial charge < -0.3 is 14.8 Å². The Morgan fingerprint density at radius 2 is 2.18 bits per heavy atom. The molecule has 17 heavy (non-hydrogen) atoms. The first-order valence-corrected chi connectivity index (χ1v) is 5.58. The van der Waals surface area contributed by atoms with E-state index in [2.05, 4.69) is 0 Å². The minimum absolute atomic E-state index is 0.244. The molecule has 0 saturated carbocycles. The molecule has 0 aliphatic rings. The SMILES string of the molecule is CCn1cc(C(C)O)c2cc(C(=O)O)ccc21. The predicted octanol–water partition coefficient (Wildman–Crippen LogP) is 2.41. The van der Waals surface area contributed by atoms with Gasteiger partial charge in [0.2, 0.25) is 0 Å². The van der Waals surface area contributed by atoms with Gasteiger partial charge in [0.1, 0.15) is 0 Å². The summed E-state index contributed by atoms with van der Waals surface area (Å²) in [5.41, 5.74) is 1.96. The summed E-state index contributed by atoms with van der Waals surface area (Å²) in [6.07, 6.45) is 1.27. The molecule has 1 heterocycles. The van der Waals surface area contributed by atoms with Crippen molar-refractivity contribution in [2.45, 2.75) is 26.5 Å². The molecule has 4 nitrogen and oxygen atoms in total. The van der Waals surface area contributed by atoms with Gasteiger partial charge in [0.15, 0.2) is 0 Å². The number of carbonyl (C=O) groups is 1. The monoisotopic (exact) mass is 233 g/mol. The highest BCUT2D eigenvalue weighted by Gasteiger charge is 2.13. The van der Waals surface area contributed by atoms with Crippen LogP contribution < -0.4 is 0 Å². The first-order chi connectivity index (χ1) is 8.04. The standard InChI is InChI=1S/C13H15NO3/c1-3-14-7-11(8(2)15)10-6-9(13(16)17)4-5-12(10)14/h4-8,15H,3H2,1-2H3,(H,16,17). The van der Waals surface area contributed by atoms with E-state index in [0.29, 0.717) is 0 Å². The maximum Gasteiger partial charge on any atom is 0.335 e. The summed E-state index contributed by atoms with van der Waals surface area (Å²) in [5, 5.41) is 19.5. The van der Waals surface area contributed by atoms with Gasteiger partial charge in [0.25, 0.3) is 0 Å². The maximum absolute atomic E-state index is 10.9. The minimum atomic E-state index is -0.951. The second-order valence-corrected chi connectivity index (χ2v) is 4.08. The van der Waals surface area contributed by atoms with Crippen molar-refractivity contribution in [3.63, 3.8) is 0 Å². The molecule has 0 aliphatic carbocycles. The Kier molecular flexibility index (Phi) is 2.90. The third kappa shape index (κ3) is 1.91. The zero-order chi connectivity index (χ0) is 12.6. The summed E-state index contributed by atoms with van der Waals surface area (Å²) in [4.78, 5) is 10.9. The molecule has 0 aliphatic heterocycles. The van der Waals surface area contributed by atoms with Crippen LogP contribution >= 0.6 is 0 Å². The summed E-state index contributed by atoms with van der Waals surface area (Å²) in [6, 6.07) is 4.99. The van der Waals surface area contributed by atoms with Gasteiger partial charge in [-0.1, -0.05) is 0 Å². The third-order valence-corrected chi connectivity index (χ3v) is 2.95. The van der Waals surface area contributed by atoms with Gasteiger partial charge in [0, 0.05) is 29.2 Å². The number of aryl methyl sites for hydroxylation is 1. The van der Waals surface area contributed by atoms with E-state index in [1.807, 2.05) is 17.7 Å². The van der Waals surface area contributed by atoms with Gasteiger partial charge in [-0.15, -0.1) is 0 Å². The molecule has 0 saturated heterocycles. The Bertz CT molecular complexity index is 569. The normalized spacial score (nSPS) is 12.9. The fraction of sp³-hybridized carbons (Fsp3) is 0.308. The van der Waals surface area contributed by atoms with Gasteiger partial charge >= 0.3 is 5.97 Å². The largest absolute Gasteiger partial charge is 0.478 e. The van der Waals surface area contributed by atoms with Gasteiger partial charge in [0.05, 0.1) is 11.7 Å². The van der Waals surface area contributed by atoms with Crippen LogP contribution in [0.3, 0.4) is 0 Å². The highest BCUT2D eigenvalue weighted by Crippen LogP contribution is 2.27. The minimum Gasteiger partial charge on any atom is -0.478 e. The lowest BCUT2D eigenvalue weighted by Crippen LogP contribution is -1.96. The summed E-state index contributed by atoms with van der Waals surface area (Å²) in [7, 11) is 0. The number of fused-ring (bicyclic) bond motifs is 1. The Balaban J connectivity index is 2.73. The molecule has 0 fully saturated rings. The second kappa shape index (κ2) is 4.22. The van der Waals surface area contributed by atoms with Crippen molar-refractivity contribution in [1.29, 1.82) is 0 Å². The Hall–Kier alpha value is -1.81. The molecule has 0 bridgehead atoms. The number of nitrogens with zero attached hydrogens (tertiary/aromatic N) is 1. The van der Waals surface area contributed by atoms with Crippen molar-refractivity contribution in [2.75, 3.05) is 0 Å². The van der Waals surface area contributed by atoms with Gasteiger partial charge in [-0.3, -0.25) is 0 Å². The number of rotatable bonds is 3. The smallest absolute Gasteiger partial charge is 0.335 e. The van der Waals surface area contributed by atoms with E-state index in [4.69, 9.17) is 5.11 Å². The van der Waals surface area contributed by atoms with Crippen LogP contribution in [0.4, 0.5) is 0 Å². The zero-order valence-electron chi connectivity index (χ0n) is 9.84. The predicted molar refractivity (Wildman–Crippen MR) is 65.2 cm³/mol. The summed E-state index contributed by atoms with van der Waals surface area (Å²) in [6.45, 7) is 4.48. The van der Waals surface area contributed by atoms with Gasteiger partial charge in [-0.2, -0.15) is 0 Å². The van der Waals surface area contributed by atoms with Crippen molar-refractivity contribution in [2.24, 2.45) is 0 Å². The molecule has 2 N–H and O–H groups in total. The maximum atomic E-state index is 10.9. The van der Waals surface area contributed by atoms with Crippen molar-refractivity contribution < 1.29 is 15.0 Å². The van der Waals surface area contributed by atoms with Crippen LogP contribution in [0.5, 0.6) is 0 Å². The summed E-state index contributed by atoms with van der Waals surface area (Å²) < 4.78 is 2.00. The Morgan fingerprint density at radius 3 is 2.71 bits per heavy atom. The second-order valence-electron chi connectivity index (χ2n) is 4.08. The van der Waals surface area contributed by atoms with Crippen LogP contribution in [-0.4, -0.2) is 20.7 Å². The number of carboxylic acids is 1. The van der Waals surface area contributed by atoms with Crippen LogP contribution in [-0.2, 0) is 6.54 Å². The number of hydrogen-bond donors (Lipinski definition) is 2. The Labute approximate surface area is 99.1 Å². The molecular weight excluding hydrogens is 218 g/mol. The quantitative estimate of drug-likeness (QED) is 0.855. The Morgan fingerprint density at radius 1 is 1.47 bits per heavy atom. The molecule has 2 aromatic rings. The van der Waals surface area contributed by atoms with Crippen LogP contribution in [0.15, 0.2) is 24.4 Å². The third-order valence-electron chi connectivity index (χ3n) is 2.95. The van der Waals surface area contributed by atoms with Crippen molar-refractivity contribution in [3.05, 3.63) is 35.5 Å². The number of benzene rings is 1. The topological polar surface area (TPSA) is 62.5 Å². The molecule has 1 aromatic carbocycles. The van der Waals surface area contributed by atoms with E-state index in [-0.39, 0.29) is 5.56 Å². The molecule has 0 amide bonds. The van der Waals surface area contributed by atoms with E-state index in [0.717, 1.165) is 23.0 Å². The first-order valence-electron chi connectivity index (χ1n) is 5.58. The number of aromatic carboxylic acids is 1. The molecule has 1 aromatic heterocycles. The van der Waals surface area contributed by atoms with Crippen LogP contribution in [0.25, 0.3) is 10.9 Å². The molecule has 1 unspecified atom stereocenters. The molecule has 1 atom stereocenters. The van der Waals surface area contributed by atoms with Crippen molar-refractivity contribution in [1.82, 2.24) is 4.57 Å². The number of carboxylic acid groups (broad SMARTS) is 1. The number of hydrogen-bond acceptors (Lipinski definition) is 2. The van der Waals surface area contributed by atoms with Gasteiger partial charge in [-0.05, 0) is 32.0 Å². The average Bonchev–Trinajstić information content (AvgIpc) is 2.66. The molecule has 0 radical (unpaired) electrons. The zero-order valence-corrected chi connectivity index (χ0v) is 9.84. The van der Waals surface area contributed by atoms with E-state index in [1.165, 1.54) is 0 Å². The van der Waals surface area contributed by atoms with Crippen molar-refractivity contribution >= 4 is 16.9 Å². The average molecular weight is 233 g/mol. The fourth-order valence-corrected chi connectivity index (χ4v) is 2.05. The molecule has 90 valence electrons. The molecule has 0 spiro atoms.